The highest BCUT2D eigenvalue weighted by molar-refractivity contribution is 7.92. The lowest BCUT2D eigenvalue weighted by Gasteiger charge is -2.15. The van der Waals surface area contributed by atoms with Gasteiger partial charge in [-0.25, -0.2) is 8.42 Å². The third-order valence-electron chi connectivity index (χ3n) is 3.24. The predicted octanol–water partition coefficient (Wildman–Crippen LogP) is 2.55. The molecule has 1 heterocycles. The minimum Gasteiger partial charge on any atom is -0.313 e. The van der Waals surface area contributed by atoms with Crippen LogP contribution in [0.25, 0.3) is 0 Å². The van der Waals surface area contributed by atoms with Crippen molar-refractivity contribution in [2.45, 2.75) is 24.3 Å². The summed E-state index contributed by atoms with van der Waals surface area (Å²) in [7, 11) is -1.74. The van der Waals surface area contributed by atoms with Crippen LogP contribution in [-0.2, 0) is 10.0 Å². The number of nitrogens with zero attached hydrogens (tertiary/aromatic N) is 1. The Morgan fingerprint density at radius 1 is 1.24 bits per heavy atom. The average Bonchev–Trinajstić information content (AvgIpc) is 2.49. The van der Waals surface area contributed by atoms with Gasteiger partial charge in [-0.3, -0.25) is 9.71 Å². The molecular formula is C15H19N3O2S. The van der Waals surface area contributed by atoms with Crippen molar-refractivity contribution in [3.63, 3.8) is 0 Å². The zero-order valence-corrected chi connectivity index (χ0v) is 12.9. The van der Waals surface area contributed by atoms with Gasteiger partial charge in [0.25, 0.3) is 10.0 Å². The number of sulfonamides is 1. The van der Waals surface area contributed by atoms with Gasteiger partial charge in [0.05, 0.1) is 16.8 Å². The fourth-order valence-electron chi connectivity index (χ4n) is 2.14. The molecule has 2 rings (SSSR count). The summed E-state index contributed by atoms with van der Waals surface area (Å²) in [6.07, 6.45) is 3.96. The number of benzene rings is 1. The van der Waals surface area contributed by atoms with Crippen molar-refractivity contribution in [2.24, 2.45) is 0 Å². The van der Waals surface area contributed by atoms with E-state index in [1.807, 2.05) is 13.1 Å². The second kappa shape index (κ2) is 6.69. The minimum absolute atomic E-state index is 0.138. The summed E-state index contributed by atoms with van der Waals surface area (Å²) in [6.45, 7) is 2.05. The van der Waals surface area contributed by atoms with Crippen molar-refractivity contribution >= 4 is 15.7 Å². The molecule has 0 amide bonds. The first-order chi connectivity index (χ1) is 10.1. The van der Waals surface area contributed by atoms with Crippen molar-refractivity contribution in [3.8, 4) is 0 Å². The second-order valence-corrected chi connectivity index (χ2v) is 6.35. The monoisotopic (exact) mass is 305 g/mol. The summed E-state index contributed by atoms with van der Waals surface area (Å²) < 4.78 is 27.3. The lowest BCUT2D eigenvalue weighted by Crippen LogP contribution is -2.17. The van der Waals surface area contributed by atoms with Gasteiger partial charge in [0.15, 0.2) is 0 Å². The molecular weight excluding hydrogens is 286 g/mol. The number of hydrogen-bond donors (Lipinski definition) is 2. The minimum atomic E-state index is -3.60. The van der Waals surface area contributed by atoms with E-state index in [4.69, 9.17) is 0 Å². The molecule has 0 bridgehead atoms. The molecule has 5 nitrogen and oxygen atoms in total. The Labute approximate surface area is 125 Å². The van der Waals surface area contributed by atoms with Crippen LogP contribution in [-0.4, -0.2) is 20.4 Å². The molecule has 0 spiro atoms. The highest BCUT2D eigenvalue weighted by atomic mass is 32.2. The van der Waals surface area contributed by atoms with Crippen LogP contribution in [0.15, 0.2) is 53.7 Å². The van der Waals surface area contributed by atoms with Gasteiger partial charge in [-0.15, -0.1) is 0 Å². The molecule has 1 aromatic carbocycles. The molecule has 0 aliphatic rings. The number of rotatable bonds is 6. The molecule has 1 atom stereocenters. The number of anilines is 1. The number of hydrogen-bond acceptors (Lipinski definition) is 4. The van der Waals surface area contributed by atoms with Gasteiger partial charge in [0.2, 0.25) is 0 Å². The van der Waals surface area contributed by atoms with E-state index in [0.717, 1.165) is 12.0 Å². The lowest BCUT2D eigenvalue weighted by molar-refractivity contribution is 0.574. The second-order valence-electron chi connectivity index (χ2n) is 4.67. The summed E-state index contributed by atoms with van der Waals surface area (Å²) in [5.74, 6) is 0. The van der Waals surface area contributed by atoms with Crippen molar-refractivity contribution in [3.05, 3.63) is 54.4 Å². The predicted molar refractivity (Wildman–Crippen MR) is 83.6 cm³/mol. The fourth-order valence-corrected chi connectivity index (χ4v) is 3.24. The van der Waals surface area contributed by atoms with E-state index in [2.05, 4.69) is 21.9 Å². The van der Waals surface area contributed by atoms with E-state index < -0.39 is 10.0 Å². The SMILES string of the molecule is CCC(NC)c1cccc(S(=O)(=O)Nc2cccnc2)c1. The van der Waals surface area contributed by atoms with E-state index in [9.17, 15) is 8.42 Å². The molecule has 0 aliphatic heterocycles. The Hall–Kier alpha value is -1.92. The van der Waals surface area contributed by atoms with Gasteiger partial charge in [-0.1, -0.05) is 19.1 Å². The highest BCUT2D eigenvalue weighted by Crippen LogP contribution is 2.21. The molecule has 1 unspecified atom stereocenters. The van der Waals surface area contributed by atoms with Crippen LogP contribution >= 0.6 is 0 Å². The van der Waals surface area contributed by atoms with E-state index in [1.54, 1.807) is 36.5 Å². The Kier molecular flexibility index (Phi) is 4.93. The average molecular weight is 305 g/mol. The summed E-state index contributed by atoms with van der Waals surface area (Å²) in [4.78, 5) is 4.15. The molecule has 2 N–H and O–H groups in total. The van der Waals surface area contributed by atoms with Crippen LogP contribution in [0.1, 0.15) is 24.9 Å². The first kappa shape index (κ1) is 15.5. The highest BCUT2D eigenvalue weighted by Gasteiger charge is 2.16. The van der Waals surface area contributed by atoms with E-state index in [1.165, 1.54) is 6.20 Å². The number of pyridine rings is 1. The van der Waals surface area contributed by atoms with E-state index in [0.29, 0.717) is 5.69 Å². The molecule has 0 saturated carbocycles. The van der Waals surface area contributed by atoms with Crippen LogP contribution in [0.2, 0.25) is 0 Å². The maximum absolute atomic E-state index is 12.4. The largest absolute Gasteiger partial charge is 0.313 e. The van der Waals surface area contributed by atoms with Crippen molar-refractivity contribution < 1.29 is 8.42 Å². The van der Waals surface area contributed by atoms with Gasteiger partial charge in [-0.05, 0) is 43.3 Å². The Bertz CT molecular complexity index is 683. The van der Waals surface area contributed by atoms with Gasteiger partial charge < -0.3 is 5.32 Å². The van der Waals surface area contributed by atoms with Crippen molar-refractivity contribution in [2.75, 3.05) is 11.8 Å². The van der Waals surface area contributed by atoms with Gasteiger partial charge in [0, 0.05) is 12.2 Å². The molecule has 0 saturated heterocycles. The normalized spacial score (nSPS) is 12.9. The molecule has 0 fully saturated rings. The Balaban J connectivity index is 2.30. The van der Waals surface area contributed by atoms with Crippen LogP contribution in [0.5, 0.6) is 0 Å². The van der Waals surface area contributed by atoms with Gasteiger partial charge >= 0.3 is 0 Å². The Morgan fingerprint density at radius 2 is 2.05 bits per heavy atom. The molecule has 0 radical (unpaired) electrons. The van der Waals surface area contributed by atoms with Crippen LogP contribution in [0.4, 0.5) is 5.69 Å². The topological polar surface area (TPSA) is 71.1 Å². The first-order valence-electron chi connectivity index (χ1n) is 6.77. The zero-order valence-electron chi connectivity index (χ0n) is 12.1. The maximum Gasteiger partial charge on any atom is 0.261 e. The molecule has 2 aromatic rings. The van der Waals surface area contributed by atoms with Gasteiger partial charge in [0.1, 0.15) is 0 Å². The standard InChI is InChI=1S/C15H19N3O2S/c1-3-15(16-2)12-6-4-8-14(10-12)21(19,20)18-13-7-5-9-17-11-13/h4-11,15-16,18H,3H2,1-2H3. The molecule has 6 heteroatoms. The quantitative estimate of drug-likeness (QED) is 0.860. The van der Waals surface area contributed by atoms with Crippen LogP contribution < -0.4 is 10.0 Å². The van der Waals surface area contributed by atoms with E-state index in [-0.39, 0.29) is 10.9 Å². The fraction of sp³-hybridized carbons (Fsp3) is 0.267. The lowest BCUT2D eigenvalue weighted by atomic mass is 10.1. The molecule has 1 aromatic heterocycles. The summed E-state index contributed by atoms with van der Waals surface area (Å²) >= 11 is 0. The summed E-state index contributed by atoms with van der Waals surface area (Å²) in [5, 5.41) is 3.17. The smallest absolute Gasteiger partial charge is 0.261 e. The first-order valence-corrected chi connectivity index (χ1v) is 8.25. The summed E-state index contributed by atoms with van der Waals surface area (Å²) in [6, 6.07) is 10.5. The number of nitrogens with one attached hydrogen (secondary N) is 2. The third kappa shape index (κ3) is 3.80. The molecule has 21 heavy (non-hydrogen) atoms. The number of aromatic nitrogens is 1. The maximum atomic E-state index is 12.4. The molecule has 112 valence electrons. The van der Waals surface area contributed by atoms with Crippen molar-refractivity contribution in [1.82, 2.24) is 10.3 Å². The Morgan fingerprint density at radius 3 is 2.67 bits per heavy atom. The third-order valence-corrected chi connectivity index (χ3v) is 4.62. The van der Waals surface area contributed by atoms with Crippen molar-refractivity contribution in [1.29, 1.82) is 0 Å². The van der Waals surface area contributed by atoms with Gasteiger partial charge in [-0.2, -0.15) is 0 Å². The van der Waals surface area contributed by atoms with Crippen LogP contribution in [0, 0.1) is 0 Å². The molecule has 0 aliphatic carbocycles. The zero-order chi connectivity index (χ0) is 15.3. The van der Waals surface area contributed by atoms with Crippen LogP contribution in [0.3, 0.4) is 0 Å². The van der Waals surface area contributed by atoms with E-state index >= 15 is 0 Å². The summed E-state index contributed by atoms with van der Waals surface area (Å²) in [5.41, 5.74) is 1.40.